The molecule has 0 spiro atoms. The van der Waals surface area contributed by atoms with Gasteiger partial charge in [0.2, 0.25) is 0 Å². The summed E-state index contributed by atoms with van der Waals surface area (Å²) in [5, 5.41) is 5.62. The van der Waals surface area contributed by atoms with Crippen molar-refractivity contribution in [3.63, 3.8) is 0 Å². The number of hydrogen-bond acceptors (Lipinski definition) is 6. The highest BCUT2D eigenvalue weighted by Crippen LogP contribution is 2.37. The molecule has 0 aliphatic carbocycles. The molecular formula is C26H19BrClN3O5S. The maximum atomic E-state index is 13.2. The van der Waals surface area contributed by atoms with E-state index in [-0.39, 0.29) is 28.8 Å². The fourth-order valence-corrected chi connectivity index (χ4v) is 4.52. The van der Waals surface area contributed by atoms with Crippen molar-refractivity contribution in [2.75, 3.05) is 23.9 Å². The summed E-state index contributed by atoms with van der Waals surface area (Å²) in [6, 6.07) is 18.8. The Morgan fingerprint density at radius 1 is 1.14 bits per heavy atom. The quantitative estimate of drug-likeness (QED) is 0.226. The second kappa shape index (κ2) is 11.5. The highest BCUT2D eigenvalue weighted by atomic mass is 79.9. The monoisotopic (exact) mass is 599 g/mol. The normalized spacial score (nSPS) is 14.4. The van der Waals surface area contributed by atoms with E-state index in [1.54, 1.807) is 60.7 Å². The van der Waals surface area contributed by atoms with Crippen molar-refractivity contribution < 1.29 is 23.9 Å². The Balaban J connectivity index is 1.56. The lowest BCUT2D eigenvalue weighted by molar-refractivity contribution is -0.122. The van der Waals surface area contributed by atoms with Gasteiger partial charge in [0.05, 0.1) is 28.0 Å². The first-order chi connectivity index (χ1) is 17.8. The average Bonchev–Trinajstić information content (AvgIpc) is 2.87. The van der Waals surface area contributed by atoms with E-state index in [4.69, 9.17) is 33.3 Å². The van der Waals surface area contributed by atoms with Crippen LogP contribution in [0, 0.1) is 0 Å². The smallest absolute Gasteiger partial charge is 0.270 e. The summed E-state index contributed by atoms with van der Waals surface area (Å²) in [5.74, 6) is -1.05. The van der Waals surface area contributed by atoms with Crippen molar-refractivity contribution in [3.05, 3.63) is 87.4 Å². The number of nitrogens with one attached hydrogen (secondary N) is 2. The third-order valence-electron chi connectivity index (χ3n) is 5.17. The molecule has 3 aromatic rings. The third kappa shape index (κ3) is 5.99. The molecular weight excluding hydrogens is 582 g/mol. The number of carbonyl (C=O) groups is 3. The van der Waals surface area contributed by atoms with E-state index in [2.05, 4.69) is 26.6 Å². The first kappa shape index (κ1) is 26.3. The van der Waals surface area contributed by atoms with Crippen LogP contribution in [0.3, 0.4) is 0 Å². The largest absolute Gasteiger partial charge is 0.493 e. The number of hydrogen-bond donors (Lipinski definition) is 2. The van der Waals surface area contributed by atoms with Crippen molar-refractivity contribution in [2.45, 2.75) is 0 Å². The molecule has 37 heavy (non-hydrogen) atoms. The van der Waals surface area contributed by atoms with Crippen molar-refractivity contribution >= 4 is 80.0 Å². The maximum absolute atomic E-state index is 13.2. The van der Waals surface area contributed by atoms with E-state index in [9.17, 15) is 14.4 Å². The van der Waals surface area contributed by atoms with E-state index < -0.39 is 17.7 Å². The Bertz CT molecular complexity index is 1430. The number of thiocarbonyl (C=S) groups is 1. The van der Waals surface area contributed by atoms with Crippen LogP contribution >= 0.6 is 39.7 Å². The molecule has 188 valence electrons. The molecule has 0 saturated carbocycles. The first-order valence-electron chi connectivity index (χ1n) is 10.8. The number of carbonyl (C=O) groups excluding carboxylic acids is 3. The van der Waals surface area contributed by atoms with Crippen LogP contribution in [0.25, 0.3) is 6.08 Å². The fraction of sp³-hybridized carbons (Fsp3) is 0.0769. The van der Waals surface area contributed by atoms with E-state index in [0.717, 1.165) is 0 Å². The Kier molecular flexibility index (Phi) is 8.22. The SMILES string of the molecule is COc1cc(/C=C2/C(=O)NC(=S)N(c3ccccc3)C2=O)cc(Br)c1OCC(=O)Nc1ccccc1Cl. The van der Waals surface area contributed by atoms with Gasteiger partial charge in [-0.2, -0.15) is 0 Å². The Labute approximate surface area is 231 Å². The third-order valence-corrected chi connectivity index (χ3v) is 6.38. The second-order valence-corrected chi connectivity index (χ2v) is 9.29. The van der Waals surface area contributed by atoms with Gasteiger partial charge in [-0.25, -0.2) is 0 Å². The summed E-state index contributed by atoms with van der Waals surface area (Å²) in [6.45, 7) is -0.314. The van der Waals surface area contributed by atoms with Gasteiger partial charge in [0.15, 0.2) is 23.2 Å². The first-order valence-corrected chi connectivity index (χ1v) is 12.4. The van der Waals surface area contributed by atoms with Gasteiger partial charge in [-0.05, 0) is 76.2 Å². The molecule has 3 aromatic carbocycles. The Morgan fingerprint density at radius 2 is 1.84 bits per heavy atom. The van der Waals surface area contributed by atoms with Crippen LogP contribution in [0.1, 0.15) is 5.56 Å². The zero-order valence-electron chi connectivity index (χ0n) is 19.3. The van der Waals surface area contributed by atoms with E-state index in [1.165, 1.54) is 18.1 Å². The van der Waals surface area contributed by atoms with Gasteiger partial charge in [0, 0.05) is 0 Å². The highest BCUT2D eigenvalue weighted by Gasteiger charge is 2.34. The van der Waals surface area contributed by atoms with Gasteiger partial charge in [-0.15, -0.1) is 0 Å². The topological polar surface area (TPSA) is 97.0 Å². The van der Waals surface area contributed by atoms with Crippen LogP contribution in [-0.4, -0.2) is 36.6 Å². The molecule has 8 nitrogen and oxygen atoms in total. The van der Waals surface area contributed by atoms with Crippen LogP contribution < -0.4 is 25.0 Å². The molecule has 3 amide bonds. The number of nitrogens with zero attached hydrogens (tertiary/aromatic N) is 1. The number of ether oxygens (including phenoxy) is 2. The van der Waals surface area contributed by atoms with Crippen molar-refractivity contribution in [1.82, 2.24) is 5.32 Å². The van der Waals surface area contributed by atoms with E-state index >= 15 is 0 Å². The van der Waals surface area contributed by atoms with E-state index in [0.29, 0.717) is 26.4 Å². The molecule has 0 atom stereocenters. The Hall–Kier alpha value is -3.73. The lowest BCUT2D eigenvalue weighted by Crippen LogP contribution is -2.54. The summed E-state index contributed by atoms with van der Waals surface area (Å²) in [7, 11) is 1.43. The van der Waals surface area contributed by atoms with Gasteiger partial charge in [0.25, 0.3) is 17.7 Å². The molecule has 0 aromatic heterocycles. The van der Waals surface area contributed by atoms with Crippen LogP contribution in [0.2, 0.25) is 5.02 Å². The maximum Gasteiger partial charge on any atom is 0.270 e. The minimum atomic E-state index is -0.617. The number of halogens is 2. The molecule has 2 N–H and O–H groups in total. The van der Waals surface area contributed by atoms with Crippen LogP contribution in [0.15, 0.2) is 76.8 Å². The molecule has 1 saturated heterocycles. The van der Waals surface area contributed by atoms with Crippen molar-refractivity contribution in [3.8, 4) is 11.5 Å². The highest BCUT2D eigenvalue weighted by molar-refractivity contribution is 9.10. The minimum Gasteiger partial charge on any atom is -0.493 e. The van der Waals surface area contributed by atoms with Crippen molar-refractivity contribution in [1.29, 1.82) is 0 Å². The van der Waals surface area contributed by atoms with E-state index in [1.807, 2.05) is 6.07 Å². The molecule has 11 heteroatoms. The number of anilines is 2. The molecule has 0 unspecified atom stereocenters. The fourth-order valence-electron chi connectivity index (χ4n) is 3.49. The summed E-state index contributed by atoms with van der Waals surface area (Å²) in [6.07, 6.45) is 1.43. The molecule has 1 heterocycles. The van der Waals surface area contributed by atoms with Crippen LogP contribution in [0.5, 0.6) is 11.5 Å². The standard InChI is InChI=1S/C26H19BrClN3O5S/c1-35-21-13-15(11-17-24(33)30-26(37)31(25(17)34)16-7-3-2-4-8-16)12-18(27)23(21)36-14-22(32)29-20-10-6-5-9-19(20)28/h2-13H,14H2,1H3,(H,29,32)(H,30,33,37)/b17-11-. The molecule has 4 rings (SSSR count). The average molecular weight is 601 g/mol. The van der Waals surface area contributed by atoms with Gasteiger partial charge in [0.1, 0.15) is 5.57 Å². The molecule has 1 aliphatic rings. The van der Waals surface area contributed by atoms with Crippen LogP contribution in [0.4, 0.5) is 11.4 Å². The number of para-hydroxylation sites is 2. The van der Waals surface area contributed by atoms with Crippen molar-refractivity contribution in [2.24, 2.45) is 0 Å². The second-order valence-electron chi connectivity index (χ2n) is 7.64. The predicted molar refractivity (Wildman–Crippen MR) is 149 cm³/mol. The molecule has 0 bridgehead atoms. The van der Waals surface area contributed by atoms with Gasteiger partial charge < -0.3 is 14.8 Å². The summed E-state index contributed by atoms with van der Waals surface area (Å²) >= 11 is 14.7. The number of methoxy groups -OCH3 is 1. The van der Waals surface area contributed by atoms with Gasteiger partial charge in [-0.3, -0.25) is 24.6 Å². The zero-order chi connectivity index (χ0) is 26.5. The number of rotatable bonds is 7. The van der Waals surface area contributed by atoms with Gasteiger partial charge >= 0.3 is 0 Å². The minimum absolute atomic E-state index is 0.00377. The Morgan fingerprint density at radius 3 is 2.54 bits per heavy atom. The zero-order valence-corrected chi connectivity index (χ0v) is 22.4. The lowest BCUT2D eigenvalue weighted by Gasteiger charge is -2.28. The molecule has 1 aliphatic heterocycles. The number of benzene rings is 3. The summed E-state index contributed by atoms with van der Waals surface area (Å²) < 4.78 is 11.6. The molecule has 0 radical (unpaired) electrons. The molecule has 1 fully saturated rings. The van der Waals surface area contributed by atoms with Gasteiger partial charge in [-0.1, -0.05) is 41.9 Å². The summed E-state index contributed by atoms with van der Waals surface area (Å²) in [4.78, 5) is 39.4. The lowest BCUT2D eigenvalue weighted by atomic mass is 10.1. The number of amides is 3. The summed E-state index contributed by atoms with van der Waals surface area (Å²) in [5.41, 5.74) is 1.36. The van der Waals surface area contributed by atoms with Crippen LogP contribution in [-0.2, 0) is 14.4 Å². The predicted octanol–water partition coefficient (Wildman–Crippen LogP) is 4.96.